The van der Waals surface area contributed by atoms with Crippen molar-refractivity contribution in [3.05, 3.63) is 36.0 Å². The van der Waals surface area contributed by atoms with Gasteiger partial charge in [0, 0.05) is 17.8 Å². The van der Waals surface area contributed by atoms with E-state index >= 15 is 0 Å². The van der Waals surface area contributed by atoms with Crippen LogP contribution in [0.15, 0.2) is 40.4 Å². The number of hydrogen-bond donors (Lipinski definition) is 2. The first-order valence-corrected chi connectivity index (χ1v) is 16.0. The van der Waals surface area contributed by atoms with Crippen LogP contribution < -0.4 is 26.0 Å². The number of pyridine rings is 1. The van der Waals surface area contributed by atoms with Gasteiger partial charge in [0.15, 0.2) is 0 Å². The fraction of sp³-hybridized carbons (Fsp3) is 0.514. The van der Waals surface area contributed by atoms with Crippen LogP contribution in [-0.4, -0.2) is 70.8 Å². The number of anilines is 2. The van der Waals surface area contributed by atoms with Crippen LogP contribution in [0, 0.1) is 6.92 Å². The van der Waals surface area contributed by atoms with E-state index in [1.807, 2.05) is 0 Å². The molecule has 0 bridgehead atoms. The third-order valence-electron chi connectivity index (χ3n) is 5.92. The molecule has 4 N–H and O–H groups in total. The lowest BCUT2D eigenvalue weighted by atomic mass is 10.0. The van der Waals surface area contributed by atoms with Gasteiger partial charge >= 0.3 is 24.4 Å². The second kappa shape index (κ2) is 15.6. The van der Waals surface area contributed by atoms with Gasteiger partial charge in [-0.05, 0) is 114 Å². The van der Waals surface area contributed by atoms with Crippen molar-refractivity contribution < 1.29 is 42.9 Å². The zero-order valence-electron chi connectivity index (χ0n) is 32.0. The summed E-state index contributed by atoms with van der Waals surface area (Å²) in [6.07, 6.45) is -2.74. The van der Waals surface area contributed by atoms with Crippen LogP contribution in [0.1, 0.15) is 88.6 Å². The average Bonchev–Trinajstić information content (AvgIpc) is 2.90. The zero-order valence-corrected chi connectivity index (χ0v) is 32.0. The number of nitrogens with two attached hydrogens (primary N) is 2. The van der Waals surface area contributed by atoms with Gasteiger partial charge in [-0.1, -0.05) is 0 Å². The van der Waals surface area contributed by atoms with Crippen molar-refractivity contribution in [2.24, 2.45) is 21.5 Å². The molecule has 280 valence electrons. The van der Waals surface area contributed by atoms with Crippen LogP contribution in [-0.2, 0) is 18.9 Å². The first-order valence-electron chi connectivity index (χ1n) is 16.0. The molecule has 4 amide bonds. The lowest BCUT2D eigenvalue weighted by molar-refractivity contribution is 0.0578. The highest BCUT2D eigenvalue weighted by Gasteiger charge is 2.34. The van der Waals surface area contributed by atoms with E-state index in [1.54, 1.807) is 102 Å². The van der Waals surface area contributed by atoms with Crippen LogP contribution in [0.3, 0.4) is 0 Å². The van der Waals surface area contributed by atoms with E-state index in [4.69, 9.17) is 35.2 Å². The molecule has 1 aromatic carbocycles. The molecule has 1 heterocycles. The fourth-order valence-electron chi connectivity index (χ4n) is 4.12. The number of benzene rings is 1. The van der Waals surface area contributed by atoms with Gasteiger partial charge in [0.05, 0.1) is 24.2 Å². The number of ether oxygens (including phenoxy) is 5. The van der Waals surface area contributed by atoms with Gasteiger partial charge in [-0.25, -0.2) is 29.0 Å². The third kappa shape index (κ3) is 13.1. The minimum Gasteiger partial charge on any atom is -0.497 e. The lowest BCUT2D eigenvalue weighted by Gasteiger charge is -2.31. The lowest BCUT2D eigenvalue weighted by Crippen LogP contribution is -2.47. The molecule has 2 aromatic rings. The van der Waals surface area contributed by atoms with Crippen LogP contribution in [0.25, 0.3) is 11.3 Å². The van der Waals surface area contributed by atoms with Crippen molar-refractivity contribution in [3.63, 3.8) is 0 Å². The molecule has 0 aliphatic heterocycles. The van der Waals surface area contributed by atoms with Crippen molar-refractivity contribution in [3.8, 4) is 17.0 Å². The minimum absolute atomic E-state index is 0.0233. The first kappa shape index (κ1) is 41.8. The standard InChI is InChI=1S/C35H51N7O9/c1-20-23(24-19-22(47-14)15-16-38-24)17-21(41(30(45)50-34(8,9)10)26(36)39-28(43)48-32(2,3)4)18-25(20)42(31(46)51-35(11,12)13)27(37)40-29(44)49-33(5,6)7/h15-19H,1-14H3,(H2,36,39,43)(H2,37,40,44). The predicted octanol–water partition coefficient (Wildman–Crippen LogP) is 7.05. The van der Waals surface area contributed by atoms with Gasteiger partial charge in [-0.2, -0.15) is 0 Å². The maximum absolute atomic E-state index is 13.9. The molecular formula is C35H51N7O9. The molecule has 0 aliphatic carbocycles. The summed E-state index contributed by atoms with van der Waals surface area (Å²) in [4.78, 5) is 67.1. The van der Waals surface area contributed by atoms with Crippen LogP contribution in [0.2, 0.25) is 0 Å². The number of hydrogen-bond acceptors (Lipinski definition) is 10. The molecule has 0 saturated heterocycles. The first-order chi connectivity index (χ1) is 23.1. The highest BCUT2D eigenvalue weighted by Crippen LogP contribution is 2.37. The fourth-order valence-corrected chi connectivity index (χ4v) is 4.12. The van der Waals surface area contributed by atoms with Crippen molar-refractivity contribution >= 4 is 47.7 Å². The van der Waals surface area contributed by atoms with Gasteiger partial charge in [0.25, 0.3) is 0 Å². The molecule has 16 nitrogen and oxygen atoms in total. The maximum atomic E-state index is 13.9. The van der Waals surface area contributed by atoms with Crippen LogP contribution >= 0.6 is 0 Å². The van der Waals surface area contributed by atoms with Crippen molar-refractivity contribution in [1.82, 2.24) is 4.98 Å². The number of amides is 4. The Balaban J connectivity index is 3.11. The smallest absolute Gasteiger partial charge is 0.437 e. The van der Waals surface area contributed by atoms with E-state index in [0.29, 0.717) is 22.6 Å². The van der Waals surface area contributed by atoms with Gasteiger partial charge in [0.1, 0.15) is 28.2 Å². The normalized spacial score (nSPS) is 12.8. The van der Waals surface area contributed by atoms with Crippen molar-refractivity contribution in [2.45, 2.75) is 112 Å². The molecule has 0 unspecified atom stereocenters. The molecule has 0 saturated carbocycles. The van der Waals surface area contributed by atoms with Crippen LogP contribution in [0.5, 0.6) is 5.75 Å². The summed E-state index contributed by atoms with van der Waals surface area (Å²) in [5.74, 6) is -0.809. The highest BCUT2D eigenvalue weighted by molar-refractivity contribution is 6.19. The van der Waals surface area contributed by atoms with Gasteiger partial charge in [-0.3, -0.25) is 4.98 Å². The summed E-state index contributed by atoms with van der Waals surface area (Å²) in [6.45, 7) is 21.3. The average molecular weight is 714 g/mol. The van der Waals surface area contributed by atoms with E-state index in [0.717, 1.165) is 9.80 Å². The quantitative estimate of drug-likeness (QED) is 0.185. The monoisotopic (exact) mass is 713 g/mol. The summed E-state index contributed by atoms with van der Waals surface area (Å²) in [7, 11) is 1.48. The Kier molecular flexibility index (Phi) is 12.8. The van der Waals surface area contributed by atoms with Gasteiger partial charge in [0.2, 0.25) is 11.9 Å². The Morgan fingerprint density at radius 3 is 1.53 bits per heavy atom. The summed E-state index contributed by atoms with van der Waals surface area (Å²) >= 11 is 0. The van der Waals surface area contributed by atoms with Crippen molar-refractivity contribution in [1.29, 1.82) is 0 Å². The SMILES string of the molecule is COc1ccnc(-c2cc(N(C(=O)OC(C)(C)C)C(N)=NC(=O)OC(C)(C)C)cc(N(C(=O)OC(C)(C)C)C(N)=NC(=O)OC(C)(C)C)c2C)c1. The van der Waals surface area contributed by atoms with Crippen molar-refractivity contribution in [2.75, 3.05) is 16.9 Å². The molecule has 0 spiro atoms. The minimum atomic E-state index is -1.08. The van der Waals surface area contributed by atoms with E-state index in [-0.39, 0.29) is 11.4 Å². The molecule has 0 fully saturated rings. The Bertz CT molecular complexity index is 1690. The topological polar surface area (TPSA) is 211 Å². The van der Waals surface area contributed by atoms with Gasteiger partial charge in [-0.15, -0.1) is 9.98 Å². The number of carbonyl (C=O) groups is 4. The van der Waals surface area contributed by atoms with Gasteiger partial charge < -0.3 is 35.2 Å². The molecule has 2 rings (SSSR count). The Hall–Kier alpha value is -5.41. The van der Waals surface area contributed by atoms with E-state index in [1.165, 1.54) is 25.4 Å². The molecule has 0 aliphatic rings. The largest absolute Gasteiger partial charge is 0.497 e. The maximum Gasteiger partial charge on any atom is 0.437 e. The molecular weight excluding hydrogens is 662 g/mol. The second-order valence-corrected chi connectivity index (χ2v) is 15.3. The Labute approximate surface area is 299 Å². The van der Waals surface area contributed by atoms with E-state index < -0.39 is 58.7 Å². The molecule has 0 radical (unpaired) electrons. The number of guanidine groups is 2. The summed E-state index contributed by atoms with van der Waals surface area (Å²) < 4.78 is 27.4. The molecule has 0 atom stereocenters. The van der Waals surface area contributed by atoms with E-state index in [2.05, 4.69) is 15.0 Å². The Morgan fingerprint density at radius 1 is 0.667 bits per heavy atom. The zero-order chi connectivity index (χ0) is 39.3. The summed E-state index contributed by atoms with van der Waals surface area (Å²) in [6, 6.07) is 6.08. The number of rotatable bonds is 4. The summed E-state index contributed by atoms with van der Waals surface area (Å²) in [5, 5.41) is 0. The molecule has 51 heavy (non-hydrogen) atoms. The number of aliphatic imine (C=N–C) groups is 2. The number of carbonyl (C=O) groups excluding carboxylic acids is 4. The third-order valence-corrected chi connectivity index (χ3v) is 5.92. The highest BCUT2D eigenvalue weighted by atomic mass is 16.6. The number of nitrogens with zero attached hydrogens (tertiary/aromatic N) is 5. The number of aromatic nitrogens is 1. The summed E-state index contributed by atoms with van der Waals surface area (Å²) in [5.41, 5.74) is 9.72. The molecule has 1 aromatic heterocycles. The van der Waals surface area contributed by atoms with E-state index in [9.17, 15) is 19.2 Å². The predicted molar refractivity (Wildman–Crippen MR) is 194 cm³/mol. The Morgan fingerprint density at radius 2 is 1.10 bits per heavy atom. The second-order valence-electron chi connectivity index (χ2n) is 15.3. The van der Waals surface area contributed by atoms with Crippen LogP contribution in [0.4, 0.5) is 30.6 Å². The number of methoxy groups -OCH3 is 1. The molecule has 16 heteroatoms.